The maximum absolute atomic E-state index is 2.70. The van der Waals surface area contributed by atoms with E-state index < -0.39 is 0 Å². The highest BCUT2D eigenvalue weighted by Crippen LogP contribution is 2.48. The van der Waals surface area contributed by atoms with Gasteiger partial charge in [-0.05, 0) is 36.3 Å². The lowest BCUT2D eigenvalue weighted by Crippen LogP contribution is -2.45. The minimum absolute atomic E-state index is 0.731. The number of benzene rings is 1. The Morgan fingerprint density at radius 1 is 1.09 bits per heavy atom. The summed E-state index contributed by atoms with van der Waals surface area (Å²) in [6.07, 6.45) is 4.11. The van der Waals surface area contributed by atoms with Crippen molar-refractivity contribution in [2.75, 3.05) is 33.2 Å². The monoisotopic (exact) mass is 297 g/mol. The highest BCUT2D eigenvalue weighted by Gasteiger charge is 2.50. The van der Waals surface area contributed by atoms with E-state index in [0.29, 0.717) is 0 Å². The molecule has 0 amide bonds. The number of hydrogen-bond donors (Lipinski definition) is 0. The molecular formula is C20H29N2+. The first-order valence-corrected chi connectivity index (χ1v) is 9.12. The molecule has 2 fully saturated rings. The lowest BCUT2D eigenvalue weighted by Gasteiger charge is -2.40. The topological polar surface area (TPSA) is 6.25 Å². The van der Waals surface area contributed by atoms with Crippen molar-refractivity contribution in [3.63, 3.8) is 0 Å². The Morgan fingerprint density at radius 2 is 1.82 bits per heavy atom. The summed E-state index contributed by atoms with van der Waals surface area (Å²) in [5.74, 6) is 3.34. The molecule has 118 valence electrons. The predicted octanol–water partition coefficient (Wildman–Crippen LogP) is 3.24. The first-order valence-electron chi connectivity index (χ1n) is 9.12. The zero-order valence-corrected chi connectivity index (χ0v) is 14.0. The fourth-order valence-corrected chi connectivity index (χ4v) is 5.40. The summed E-state index contributed by atoms with van der Waals surface area (Å²) in [5.41, 5.74) is 3.33. The molecule has 0 aromatic heterocycles. The summed E-state index contributed by atoms with van der Waals surface area (Å²) in [5, 5.41) is 0. The Bertz CT molecular complexity index is 562. The van der Waals surface area contributed by atoms with E-state index in [-0.39, 0.29) is 0 Å². The minimum Gasteiger partial charge on any atom is -0.303 e. The van der Waals surface area contributed by atoms with Crippen molar-refractivity contribution < 1.29 is 4.58 Å². The number of rotatable bonds is 2. The first-order chi connectivity index (χ1) is 10.8. The predicted molar refractivity (Wildman–Crippen MR) is 91.7 cm³/mol. The second kappa shape index (κ2) is 5.81. The first kappa shape index (κ1) is 14.4. The van der Waals surface area contributed by atoms with Crippen LogP contribution < -0.4 is 0 Å². The molecule has 4 unspecified atom stereocenters. The maximum atomic E-state index is 2.70. The van der Waals surface area contributed by atoms with Gasteiger partial charge in [0.25, 0.3) is 0 Å². The highest BCUT2D eigenvalue weighted by molar-refractivity contribution is 5.85. The number of hydrogen-bond acceptors (Lipinski definition) is 1. The van der Waals surface area contributed by atoms with Gasteiger partial charge in [0, 0.05) is 31.8 Å². The van der Waals surface area contributed by atoms with Crippen LogP contribution in [0.5, 0.6) is 0 Å². The van der Waals surface area contributed by atoms with Crippen molar-refractivity contribution in [1.82, 2.24) is 4.90 Å². The van der Waals surface area contributed by atoms with E-state index in [1.807, 2.05) is 0 Å². The molecule has 0 bridgehead atoms. The average molecular weight is 297 g/mol. The van der Waals surface area contributed by atoms with E-state index in [4.69, 9.17) is 0 Å². The van der Waals surface area contributed by atoms with Gasteiger partial charge >= 0.3 is 0 Å². The van der Waals surface area contributed by atoms with Crippen LogP contribution in [0.1, 0.15) is 37.7 Å². The zero-order chi connectivity index (χ0) is 15.1. The summed E-state index contributed by atoms with van der Waals surface area (Å²) in [7, 11) is 2.33. The minimum atomic E-state index is 0.731. The fraction of sp³-hybridized carbons (Fsp3) is 0.650. The van der Waals surface area contributed by atoms with Crippen molar-refractivity contribution in [2.24, 2.45) is 17.8 Å². The third kappa shape index (κ3) is 2.32. The molecule has 0 spiro atoms. The van der Waals surface area contributed by atoms with Gasteiger partial charge in [-0.1, -0.05) is 37.3 Å². The lowest BCUT2D eigenvalue weighted by molar-refractivity contribution is -0.507. The van der Waals surface area contributed by atoms with E-state index >= 15 is 0 Å². The second-order valence-corrected chi connectivity index (χ2v) is 7.56. The molecule has 4 atom stereocenters. The van der Waals surface area contributed by atoms with Gasteiger partial charge in [-0.15, -0.1) is 0 Å². The fourth-order valence-electron chi connectivity index (χ4n) is 5.40. The molecule has 0 N–H and O–H groups in total. The largest absolute Gasteiger partial charge is 0.303 e. The van der Waals surface area contributed by atoms with Gasteiger partial charge in [-0.3, -0.25) is 0 Å². The molecule has 2 heteroatoms. The van der Waals surface area contributed by atoms with Crippen molar-refractivity contribution in [3.8, 4) is 0 Å². The molecule has 3 aliphatic rings. The van der Waals surface area contributed by atoms with Crippen LogP contribution in [-0.4, -0.2) is 48.4 Å². The molecule has 4 rings (SSSR count). The van der Waals surface area contributed by atoms with Crippen molar-refractivity contribution in [2.45, 2.75) is 32.1 Å². The Morgan fingerprint density at radius 3 is 2.55 bits per heavy atom. The Hall–Kier alpha value is -1.15. The van der Waals surface area contributed by atoms with E-state index in [0.717, 1.165) is 23.7 Å². The number of fused-ring (bicyclic) bond motifs is 3. The third-order valence-corrected chi connectivity index (χ3v) is 6.55. The van der Waals surface area contributed by atoms with Gasteiger partial charge in [-0.25, -0.2) is 4.58 Å². The molecule has 1 saturated carbocycles. The summed E-state index contributed by atoms with van der Waals surface area (Å²) < 4.78 is 2.59. The third-order valence-electron chi connectivity index (χ3n) is 6.55. The van der Waals surface area contributed by atoms with Crippen molar-refractivity contribution >= 4 is 5.71 Å². The Labute approximate surface area is 134 Å². The molecule has 1 aromatic carbocycles. The molecule has 0 radical (unpaired) electrons. The van der Waals surface area contributed by atoms with Crippen LogP contribution in [0.4, 0.5) is 0 Å². The van der Waals surface area contributed by atoms with Gasteiger partial charge in [0.1, 0.15) is 13.6 Å². The van der Waals surface area contributed by atoms with Gasteiger partial charge in [0.05, 0.1) is 0 Å². The van der Waals surface area contributed by atoms with E-state index in [1.165, 1.54) is 45.4 Å². The van der Waals surface area contributed by atoms with E-state index in [1.54, 1.807) is 11.3 Å². The van der Waals surface area contributed by atoms with Gasteiger partial charge in [0.15, 0.2) is 5.71 Å². The van der Waals surface area contributed by atoms with Gasteiger partial charge in [-0.2, -0.15) is 0 Å². The van der Waals surface area contributed by atoms with Gasteiger partial charge < -0.3 is 4.90 Å². The molecule has 2 aliphatic heterocycles. The standard InChI is InChI=1S/C20H29N2/c1-3-22-13-18-16-10-7-11-21(2)20(16)12-17(19(18)14-22)15-8-5-4-6-9-15/h4-6,8-9,16-19H,3,7,10-14H2,1-2H3/q+1. The molecule has 2 nitrogen and oxygen atoms in total. The van der Waals surface area contributed by atoms with Crippen LogP contribution in [0.25, 0.3) is 0 Å². The van der Waals surface area contributed by atoms with Crippen LogP contribution in [0.15, 0.2) is 30.3 Å². The van der Waals surface area contributed by atoms with Crippen LogP contribution >= 0.6 is 0 Å². The second-order valence-electron chi connectivity index (χ2n) is 7.56. The van der Waals surface area contributed by atoms with E-state index in [2.05, 4.69) is 53.8 Å². The van der Waals surface area contributed by atoms with E-state index in [9.17, 15) is 0 Å². The van der Waals surface area contributed by atoms with Crippen molar-refractivity contribution in [3.05, 3.63) is 35.9 Å². The summed E-state index contributed by atoms with van der Waals surface area (Å²) in [6.45, 7) is 7.45. The highest BCUT2D eigenvalue weighted by atomic mass is 15.2. The van der Waals surface area contributed by atoms with Crippen LogP contribution in [0.2, 0.25) is 0 Å². The van der Waals surface area contributed by atoms with Crippen molar-refractivity contribution in [1.29, 1.82) is 0 Å². The maximum Gasteiger partial charge on any atom is 0.156 e. The normalized spacial score (nSPS) is 35.4. The number of likely N-dealkylation sites (tertiary alicyclic amines) is 1. The quantitative estimate of drug-likeness (QED) is 0.760. The Kier molecular flexibility index (Phi) is 3.81. The molecule has 2 heterocycles. The molecule has 1 aromatic rings. The lowest BCUT2D eigenvalue weighted by atomic mass is 9.63. The average Bonchev–Trinajstić information content (AvgIpc) is 3.00. The SMILES string of the molecule is CCN1CC2C3CCC[N+](C)=C3CC(c3ccccc3)C2C1. The molecule has 1 aliphatic carbocycles. The molecule has 22 heavy (non-hydrogen) atoms. The van der Waals surface area contributed by atoms with Crippen LogP contribution in [0, 0.1) is 17.8 Å². The molecular weight excluding hydrogens is 268 g/mol. The van der Waals surface area contributed by atoms with Gasteiger partial charge in [0.2, 0.25) is 0 Å². The number of nitrogens with zero attached hydrogens (tertiary/aromatic N) is 2. The zero-order valence-electron chi connectivity index (χ0n) is 14.0. The van der Waals surface area contributed by atoms with Crippen LogP contribution in [0.3, 0.4) is 0 Å². The molecule has 1 saturated heterocycles. The summed E-state index contributed by atoms with van der Waals surface area (Å²) in [4.78, 5) is 2.70. The summed E-state index contributed by atoms with van der Waals surface area (Å²) >= 11 is 0. The Balaban J connectivity index is 1.73. The smallest absolute Gasteiger partial charge is 0.156 e. The van der Waals surface area contributed by atoms with Crippen LogP contribution in [-0.2, 0) is 0 Å². The summed E-state index contributed by atoms with van der Waals surface area (Å²) in [6, 6.07) is 11.3.